The van der Waals surface area contributed by atoms with E-state index in [1.54, 1.807) is 11.8 Å². The summed E-state index contributed by atoms with van der Waals surface area (Å²) in [5, 5.41) is 0. The van der Waals surface area contributed by atoms with Crippen LogP contribution in [0.5, 0.6) is 0 Å². The van der Waals surface area contributed by atoms with E-state index in [1.807, 2.05) is 0 Å². The molecule has 0 aliphatic carbocycles. The Morgan fingerprint density at radius 3 is 2.64 bits per heavy atom. The van der Waals surface area contributed by atoms with Crippen molar-refractivity contribution in [2.75, 3.05) is 13.1 Å². The Kier molecular flexibility index (Phi) is 2.44. The minimum Gasteiger partial charge on any atom is -0.393 e. The van der Waals surface area contributed by atoms with Crippen LogP contribution in [-0.2, 0) is 4.79 Å². The van der Waals surface area contributed by atoms with Gasteiger partial charge in [-0.15, -0.1) is 0 Å². The van der Waals surface area contributed by atoms with Crippen LogP contribution in [0.25, 0.3) is 0 Å². The molecule has 1 saturated heterocycles. The molecule has 11 heavy (non-hydrogen) atoms. The van der Waals surface area contributed by atoms with Gasteiger partial charge in [-0.05, 0) is 6.42 Å². The Bertz CT molecular complexity index is 173. The van der Waals surface area contributed by atoms with Crippen molar-refractivity contribution in [1.29, 1.82) is 0 Å². The van der Waals surface area contributed by atoms with Gasteiger partial charge in [-0.3, -0.25) is 4.79 Å². The van der Waals surface area contributed by atoms with Gasteiger partial charge in [0.05, 0.1) is 4.99 Å². The largest absolute Gasteiger partial charge is 0.393 e. The zero-order chi connectivity index (χ0) is 8.43. The molecule has 0 aromatic rings. The Hall–Kier alpha value is -0.640. The average molecular weight is 172 g/mol. The predicted molar refractivity (Wildman–Crippen MR) is 47.1 cm³/mol. The highest BCUT2D eigenvalue weighted by molar-refractivity contribution is 7.80. The zero-order valence-corrected chi connectivity index (χ0v) is 7.36. The summed E-state index contributed by atoms with van der Waals surface area (Å²) in [6.07, 6.45) is 0.926. The van der Waals surface area contributed by atoms with Crippen LogP contribution in [0.4, 0.5) is 0 Å². The van der Waals surface area contributed by atoms with Crippen molar-refractivity contribution in [3.63, 3.8) is 0 Å². The van der Waals surface area contributed by atoms with Crippen molar-refractivity contribution in [3.05, 3.63) is 0 Å². The summed E-state index contributed by atoms with van der Waals surface area (Å²) in [5.74, 6) is 0.359. The molecule has 2 N–H and O–H groups in total. The number of likely N-dealkylation sites (tertiary alicyclic amines) is 1. The molecule has 1 atom stereocenters. The van der Waals surface area contributed by atoms with Crippen LogP contribution >= 0.6 is 12.2 Å². The lowest BCUT2D eigenvalue weighted by Crippen LogP contribution is -2.29. The second-order valence-corrected chi connectivity index (χ2v) is 3.32. The molecule has 1 unspecified atom stereocenters. The van der Waals surface area contributed by atoms with Crippen molar-refractivity contribution >= 4 is 23.1 Å². The maximum Gasteiger partial charge on any atom is 0.219 e. The van der Waals surface area contributed by atoms with Crippen LogP contribution < -0.4 is 5.73 Å². The third-order valence-electron chi connectivity index (χ3n) is 2.04. The van der Waals surface area contributed by atoms with Gasteiger partial charge < -0.3 is 10.6 Å². The summed E-state index contributed by atoms with van der Waals surface area (Å²) in [6.45, 7) is 3.09. The summed E-state index contributed by atoms with van der Waals surface area (Å²) < 4.78 is 0. The first-order chi connectivity index (χ1) is 5.11. The zero-order valence-electron chi connectivity index (χ0n) is 6.54. The smallest absolute Gasteiger partial charge is 0.219 e. The third kappa shape index (κ3) is 1.89. The number of hydrogen-bond donors (Lipinski definition) is 1. The van der Waals surface area contributed by atoms with Crippen LogP contribution in [-0.4, -0.2) is 28.9 Å². The average Bonchev–Trinajstić information content (AvgIpc) is 2.33. The summed E-state index contributed by atoms with van der Waals surface area (Å²) in [7, 11) is 0. The summed E-state index contributed by atoms with van der Waals surface area (Å²) in [4.78, 5) is 13.2. The number of rotatable bonds is 1. The number of hydrogen-bond acceptors (Lipinski definition) is 2. The van der Waals surface area contributed by atoms with Gasteiger partial charge in [0.15, 0.2) is 0 Å². The molecule has 4 heteroatoms. The van der Waals surface area contributed by atoms with E-state index in [0.29, 0.717) is 11.5 Å². The van der Waals surface area contributed by atoms with Crippen molar-refractivity contribution in [1.82, 2.24) is 4.90 Å². The second-order valence-electron chi connectivity index (χ2n) is 2.85. The maximum absolute atomic E-state index is 10.9. The molecular weight excluding hydrogens is 160 g/mol. The van der Waals surface area contributed by atoms with E-state index < -0.39 is 0 Å². The minimum atomic E-state index is 0.115. The molecule has 62 valence electrons. The van der Waals surface area contributed by atoms with Gasteiger partial charge in [0.25, 0.3) is 0 Å². The Morgan fingerprint density at radius 2 is 2.36 bits per heavy atom. The van der Waals surface area contributed by atoms with E-state index >= 15 is 0 Å². The number of thiocarbonyl (C=S) groups is 1. The molecule has 0 radical (unpaired) electrons. The van der Waals surface area contributed by atoms with Crippen molar-refractivity contribution in [3.8, 4) is 0 Å². The molecular formula is C7H12N2OS. The first-order valence-electron chi connectivity index (χ1n) is 3.66. The van der Waals surface area contributed by atoms with Crippen LogP contribution in [0.1, 0.15) is 13.3 Å². The van der Waals surface area contributed by atoms with E-state index in [-0.39, 0.29) is 11.8 Å². The van der Waals surface area contributed by atoms with Gasteiger partial charge >= 0.3 is 0 Å². The molecule has 3 nitrogen and oxygen atoms in total. The van der Waals surface area contributed by atoms with Gasteiger partial charge in [-0.1, -0.05) is 12.2 Å². The molecule has 0 spiro atoms. The molecule has 0 saturated carbocycles. The lowest BCUT2D eigenvalue weighted by Gasteiger charge is -2.12. The number of nitrogens with zero attached hydrogens (tertiary/aromatic N) is 1. The highest BCUT2D eigenvalue weighted by atomic mass is 32.1. The summed E-state index contributed by atoms with van der Waals surface area (Å²) in [6, 6.07) is 0. The third-order valence-corrected chi connectivity index (χ3v) is 2.37. The van der Waals surface area contributed by atoms with E-state index in [9.17, 15) is 4.79 Å². The molecule has 1 fully saturated rings. The first-order valence-corrected chi connectivity index (χ1v) is 4.07. The molecule has 1 rings (SSSR count). The van der Waals surface area contributed by atoms with Crippen LogP contribution in [0.2, 0.25) is 0 Å². The second kappa shape index (κ2) is 3.17. The molecule has 1 aliphatic heterocycles. The SMILES string of the molecule is CC(=O)N1CCC(C(N)=S)C1. The Balaban J connectivity index is 2.47. The topological polar surface area (TPSA) is 46.3 Å². The highest BCUT2D eigenvalue weighted by Gasteiger charge is 2.25. The van der Waals surface area contributed by atoms with Gasteiger partial charge in [0.1, 0.15) is 0 Å². The lowest BCUT2D eigenvalue weighted by molar-refractivity contribution is -0.127. The number of amides is 1. The van der Waals surface area contributed by atoms with Crippen LogP contribution in [0.15, 0.2) is 0 Å². The van der Waals surface area contributed by atoms with Gasteiger partial charge in [-0.2, -0.15) is 0 Å². The van der Waals surface area contributed by atoms with Crippen LogP contribution in [0, 0.1) is 5.92 Å². The van der Waals surface area contributed by atoms with Crippen molar-refractivity contribution in [2.45, 2.75) is 13.3 Å². The standard InChI is InChI=1S/C7H12N2OS/c1-5(10)9-3-2-6(4-9)7(8)11/h6H,2-4H2,1H3,(H2,8,11). The molecule has 1 aliphatic rings. The van der Waals surface area contributed by atoms with E-state index in [1.165, 1.54) is 0 Å². The molecule has 0 aromatic heterocycles. The van der Waals surface area contributed by atoms with E-state index in [2.05, 4.69) is 0 Å². The summed E-state index contributed by atoms with van der Waals surface area (Å²) >= 11 is 4.83. The van der Waals surface area contributed by atoms with Crippen molar-refractivity contribution < 1.29 is 4.79 Å². The minimum absolute atomic E-state index is 0.115. The van der Waals surface area contributed by atoms with Crippen molar-refractivity contribution in [2.24, 2.45) is 11.7 Å². The van der Waals surface area contributed by atoms with E-state index in [0.717, 1.165) is 13.0 Å². The first kappa shape index (κ1) is 8.46. The fourth-order valence-electron chi connectivity index (χ4n) is 1.28. The highest BCUT2D eigenvalue weighted by Crippen LogP contribution is 2.15. The lowest BCUT2D eigenvalue weighted by atomic mass is 10.1. The van der Waals surface area contributed by atoms with E-state index in [4.69, 9.17) is 18.0 Å². The van der Waals surface area contributed by atoms with Gasteiger partial charge in [-0.25, -0.2) is 0 Å². The van der Waals surface area contributed by atoms with Gasteiger partial charge in [0.2, 0.25) is 5.91 Å². The Morgan fingerprint density at radius 1 is 1.73 bits per heavy atom. The van der Waals surface area contributed by atoms with Crippen LogP contribution in [0.3, 0.4) is 0 Å². The van der Waals surface area contributed by atoms with Gasteiger partial charge in [0, 0.05) is 25.9 Å². The maximum atomic E-state index is 10.9. The molecule has 0 bridgehead atoms. The quantitative estimate of drug-likeness (QED) is 0.572. The monoisotopic (exact) mass is 172 g/mol. The summed E-state index contributed by atoms with van der Waals surface area (Å²) in [5.41, 5.74) is 5.45. The number of nitrogens with two attached hydrogens (primary N) is 1. The number of carbonyl (C=O) groups excluding carboxylic acids is 1. The molecule has 0 aromatic carbocycles. The number of carbonyl (C=O) groups is 1. The predicted octanol–water partition coefficient (Wildman–Crippen LogP) is 0.141. The normalized spacial score (nSPS) is 23.7. The Labute approximate surface area is 71.5 Å². The molecule has 1 heterocycles. The fraction of sp³-hybridized carbons (Fsp3) is 0.714. The fourth-order valence-corrected chi connectivity index (χ4v) is 1.47. The molecule has 1 amide bonds.